The molecule has 32 heavy (non-hydrogen) atoms. The smallest absolute Gasteiger partial charge is 0.348 e. The number of β-lactam (4-membered cyclic amide) rings is 1. The fourth-order valence-corrected chi connectivity index (χ4v) is 4.97. The fraction of sp³-hybridized carbons (Fsp3) is 0.520. The van der Waals surface area contributed by atoms with Crippen LogP contribution in [0.25, 0.3) is 0 Å². The van der Waals surface area contributed by atoms with Gasteiger partial charge in [0.05, 0.1) is 12.7 Å². The summed E-state index contributed by atoms with van der Waals surface area (Å²) >= 11 is 1.42. The van der Waals surface area contributed by atoms with Gasteiger partial charge in [0, 0.05) is 23.0 Å². The molecular weight excluding hydrogens is 426 g/mol. The van der Waals surface area contributed by atoms with E-state index in [1.54, 1.807) is 6.07 Å². The van der Waals surface area contributed by atoms with Crippen LogP contribution in [0.5, 0.6) is 0 Å². The second kappa shape index (κ2) is 12.1. The van der Waals surface area contributed by atoms with E-state index in [1.807, 2.05) is 35.2 Å². The van der Waals surface area contributed by atoms with Crippen molar-refractivity contribution in [3.8, 4) is 0 Å². The molecule has 1 saturated heterocycles. The van der Waals surface area contributed by atoms with Crippen molar-refractivity contribution in [3.63, 3.8) is 0 Å². The largest absolute Gasteiger partial charge is 0.459 e. The van der Waals surface area contributed by atoms with Crippen LogP contribution in [0.3, 0.4) is 0 Å². The van der Waals surface area contributed by atoms with E-state index < -0.39 is 12.1 Å². The standard InChI is InChI=1S/C25H33NO5S/c1-2-3-4-8-22(28)18-9-11-19(12-10-18)26-20(17-24(26)29)6-5-7-21-13-14-23(32-21)25(30)31-16-15-27/h9-14,20,22,27-28H,2-8,15-17H2,1H3/t20-,22?/m0/s1. The Morgan fingerprint density at radius 2 is 1.97 bits per heavy atom. The van der Waals surface area contributed by atoms with Gasteiger partial charge in [0.15, 0.2) is 0 Å². The summed E-state index contributed by atoms with van der Waals surface area (Å²) in [5.41, 5.74) is 1.79. The lowest BCUT2D eigenvalue weighted by molar-refractivity contribution is -0.124. The number of nitrogens with zero attached hydrogens (tertiary/aromatic N) is 1. The van der Waals surface area contributed by atoms with Gasteiger partial charge >= 0.3 is 5.97 Å². The molecule has 1 amide bonds. The van der Waals surface area contributed by atoms with Crippen LogP contribution in [-0.2, 0) is 16.0 Å². The van der Waals surface area contributed by atoms with E-state index in [1.165, 1.54) is 11.3 Å². The first-order chi connectivity index (χ1) is 15.5. The molecule has 1 aromatic heterocycles. The molecule has 0 spiro atoms. The highest BCUT2D eigenvalue weighted by molar-refractivity contribution is 7.13. The number of esters is 1. The minimum absolute atomic E-state index is 0.0103. The first kappa shape index (κ1) is 24.4. The van der Waals surface area contributed by atoms with Crippen molar-refractivity contribution in [2.75, 3.05) is 18.1 Å². The van der Waals surface area contributed by atoms with E-state index in [4.69, 9.17) is 9.84 Å². The van der Waals surface area contributed by atoms with Gasteiger partial charge < -0.3 is 19.8 Å². The van der Waals surface area contributed by atoms with E-state index in [0.29, 0.717) is 11.3 Å². The van der Waals surface area contributed by atoms with Gasteiger partial charge in [0.2, 0.25) is 5.91 Å². The van der Waals surface area contributed by atoms with Crippen molar-refractivity contribution in [3.05, 3.63) is 51.7 Å². The number of aliphatic hydroxyl groups is 2. The molecule has 174 valence electrons. The molecule has 1 aromatic carbocycles. The Labute approximate surface area is 193 Å². The lowest BCUT2D eigenvalue weighted by Crippen LogP contribution is -2.52. The third kappa shape index (κ3) is 6.40. The van der Waals surface area contributed by atoms with Gasteiger partial charge in [-0.05, 0) is 55.5 Å². The molecule has 6 nitrogen and oxygen atoms in total. The van der Waals surface area contributed by atoms with Crippen molar-refractivity contribution in [1.82, 2.24) is 0 Å². The van der Waals surface area contributed by atoms with Gasteiger partial charge in [0.25, 0.3) is 0 Å². The van der Waals surface area contributed by atoms with Gasteiger partial charge in [-0.3, -0.25) is 4.79 Å². The number of amides is 1. The Morgan fingerprint density at radius 1 is 1.19 bits per heavy atom. The monoisotopic (exact) mass is 459 g/mol. The number of rotatable bonds is 13. The molecule has 0 radical (unpaired) electrons. The first-order valence-corrected chi connectivity index (χ1v) is 12.3. The SMILES string of the molecule is CCCCCC(O)c1ccc(N2C(=O)C[C@@H]2CCCc2ccc(C(=O)OCCO)s2)cc1. The van der Waals surface area contributed by atoms with Crippen molar-refractivity contribution in [1.29, 1.82) is 0 Å². The molecule has 1 aliphatic heterocycles. The van der Waals surface area contributed by atoms with Crippen LogP contribution in [0.15, 0.2) is 36.4 Å². The van der Waals surface area contributed by atoms with Crippen LogP contribution < -0.4 is 4.90 Å². The van der Waals surface area contributed by atoms with E-state index >= 15 is 0 Å². The Hall–Kier alpha value is -2.22. The quantitative estimate of drug-likeness (QED) is 0.259. The van der Waals surface area contributed by atoms with E-state index in [9.17, 15) is 14.7 Å². The van der Waals surface area contributed by atoms with E-state index in [2.05, 4.69) is 6.92 Å². The number of hydrogen-bond donors (Lipinski definition) is 2. The third-order valence-corrected chi connectivity index (χ3v) is 6.95. The number of anilines is 1. The fourth-order valence-electron chi connectivity index (χ4n) is 4.02. The van der Waals surface area contributed by atoms with E-state index in [-0.39, 0.29) is 25.2 Å². The summed E-state index contributed by atoms with van der Waals surface area (Å²) in [6, 6.07) is 11.6. The highest BCUT2D eigenvalue weighted by atomic mass is 32.1. The molecule has 3 rings (SSSR count). The second-order valence-electron chi connectivity index (χ2n) is 8.24. The van der Waals surface area contributed by atoms with Crippen LogP contribution in [0, 0.1) is 0 Å². The van der Waals surface area contributed by atoms with Gasteiger partial charge in [-0.25, -0.2) is 4.79 Å². The maximum atomic E-state index is 12.2. The van der Waals surface area contributed by atoms with Gasteiger partial charge in [-0.1, -0.05) is 38.3 Å². The molecule has 7 heteroatoms. The number of aliphatic hydroxyl groups excluding tert-OH is 2. The highest BCUT2D eigenvalue weighted by Crippen LogP contribution is 2.32. The number of hydrogen-bond acceptors (Lipinski definition) is 6. The van der Waals surface area contributed by atoms with Crippen LogP contribution in [0.2, 0.25) is 0 Å². The Balaban J connectivity index is 1.48. The van der Waals surface area contributed by atoms with Crippen molar-refractivity contribution < 1.29 is 24.5 Å². The molecule has 0 aliphatic carbocycles. The zero-order valence-corrected chi connectivity index (χ0v) is 19.5. The number of thiophene rings is 1. The molecule has 2 atom stereocenters. The number of benzene rings is 1. The zero-order valence-electron chi connectivity index (χ0n) is 18.7. The van der Waals surface area contributed by atoms with Crippen molar-refractivity contribution >= 4 is 28.9 Å². The maximum Gasteiger partial charge on any atom is 0.348 e. The van der Waals surface area contributed by atoms with E-state index in [0.717, 1.165) is 61.1 Å². The first-order valence-electron chi connectivity index (χ1n) is 11.5. The number of carbonyl (C=O) groups excluding carboxylic acids is 2. The van der Waals surface area contributed by atoms with Crippen LogP contribution in [0.4, 0.5) is 5.69 Å². The second-order valence-corrected chi connectivity index (χ2v) is 9.41. The van der Waals surface area contributed by atoms with Gasteiger partial charge in [-0.15, -0.1) is 11.3 Å². The maximum absolute atomic E-state index is 12.2. The molecule has 1 fully saturated rings. The molecule has 1 aliphatic rings. The van der Waals surface area contributed by atoms with Crippen LogP contribution >= 0.6 is 11.3 Å². The molecule has 0 bridgehead atoms. The molecule has 1 unspecified atom stereocenters. The number of aryl methyl sites for hydroxylation is 1. The predicted molar refractivity (Wildman–Crippen MR) is 126 cm³/mol. The summed E-state index contributed by atoms with van der Waals surface area (Å²) in [6.45, 7) is 1.98. The zero-order chi connectivity index (χ0) is 22.9. The average Bonchev–Trinajstić information content (AvgIpc) is 3.26. The average molecular weight is 460 g/mol. The number of carbonyl (C=O) groups is 2. The molecular formula is C25H33NO5S. The Kier molecular flexibility index (Phi) is 9.26. The van der Waals surface area contributed by atoms with Gasteiger partial charge in [-0.2, -0.15) is 0 Å². The van der Waals surface area contributed by atoms with Crippen molar-refractivity contribution in [2.24, 2.45) is 0 Å². The summed E-state index contributed by atoms with van der Waals surface area (Å²) < 4.78 is 4.94. The molecule has 2 aromatic rings. The third-order valence-electron chi connectivity index (χ3n) is 5.83. The molecule has 2 heterocycles. The Bertz CT molecular complexity index is 879. The van der Waals surface area contributed by atoms with Crippen LogP contribution in [-0.4, -0.2) is 41.3 Å². The lowest BCUT2D eigenvalue weighted by Gasteiger charge is -2.40. The minimum Gasteiger partial charge on any atom is -0.459 e. The van der Waals surface area contributed by atoms with Crippen molar-refractivity contribution in [2.45, 2.75) is 70.4 Å². The van der Waals surface area contributed by atoms with Crippen LogP contribution in [0.1, 0.15) is 78.1 Å². The highest BCUT2D eigenvalue weighted by Gasteiger charge is 2.36. The number of unbranched alkanes of at least 4 members (excludes halogenated alkanes) is 2. The normalized spacial score (nSPS) is 16.7. The van der Waals surface area contributed by atoms with Gasteiger partial charge in [0.1, 0.15) is 11.5 Å². The minimum atomic E-state index is -0.449. The summed E-state index contributed by atoms with van der Waals surface area (Å²) in [5, 5.41) is 19.1. The lowest BCUT2D eigenvalue weighted by atomic mass is 9.94. The topological polar surface area (TPSA) is 87.1 Å². The predicted octanol–water partition coefficient (Wildman–Crippen LogP) is 4.64. The number of ether oxygens (including phenoxy) is 1. The molecule has 2 N–H and O–H groups in total. The summed E-state index contributed by atoms with van der Waals surface area (Å²) in [6.07, 6.45) is 6.82. The summed E-state index contributed by atoms with van der Waals surface area (Å²) in [7, 11) is 0. The Morgan fingerprint density at radius 3 is 2.66 bits per heavy atom. The molecule has 0 saturated carbocycles. The summed E-state index contributed by atoms with van der Waals surface area (Å²) in [5.74, 6) is -0.263. The summed E-state index contributed by atoms with van der Waals surface area (Å²) in [4.78, 5) is 27.6.